The van der Waals surface area contributed by atoms with Gasteiger partial charge in [-0.15, -0.1) is 0 Å². The first-order valence-electron chi connectivity index (χ1n) is 13.7. The van der Waals surface area contributed by atoms with Crippen LogP contribution in [0.25, 0.3) is 0 Å². The molecule has 1 atom stereocenters. The lowest BCUT2D eigenvalue weighted by atomic mass is 10.00. The van der Waals surface area contributed by atoms with E-state index in [4.69, 9.17) is 11.6 Å². The van der Waals surface area contributed by atoms with Crippen molar-refractivity contribution in [1.82, 2.24) is 10.2 Å². The smallest absolute Gasteiger partial charge is 0.243 e. The van der Waals surface area contributed by atoms with Gasteiger partial charge in [0.1, 0.15) is 6.04 Å². The molecule has 9 heteroatoms. The maximum atomic E-state index is 13.9. The molecule has 0 unspecified atom stereocenters. The molecule has 2 amide bonds. The van der Waals surface area contributed by atoms with E-state index in [1.807, 2.05) is 88.4 Å². The van der Waals surface area contributed by atoms with Crippen LogP contribution in [0.2, 0.25) is 5.02 Å². The Morgan fingerprint density at radius 3 is 2.12 bits per heavy atom. The van der Waals surface area contributed by atoms with Gasteiger partial charge in [0.15, 0.2) is 0 Å². The molecule has 0 aliphatic heterocycles. The van der Waals surface area contributed by atoms with Gasteiger partial charge in [0.05, 0.1) is 11.9 Å². The number of nitrogens with zero attached hydrogens (tertiary/aromatic N) is 2. The van der Waals surface area contributed by atoms with E-state index in [0.717, 1.165) is 22.9 Å². The minimum Gasteiger partial charge on any atom is -0.350 e. The van der Waals surface area contributed by atoms with E-state index in [-0.39, 0.29) is 37.7 Å². The molecule has 0 aromatic heterocycles. The van der Waals surface area contributed by atoms with Gasteiger partial charge in [-0.25, -0.2) is 8.42 Å². The number of anilines is 1. The van der Waals surface area contributed by atoms with Crippen LogP contribution in [0.1, 0.15) is 50.3 Å². The topological polar surface area (TPSA) is 86.8 Å². The molecule has 0 saturated carbocycles. The summed E-state index contributed by atoms with van der Waals surface area (Å²) < 4.78 is 26.5. The van der Waals surface area contributed by atoms with Crippen molar-refractivity contribution in [3.05, 3.63) is 101 Å². The monoisotopic (exact) mass is 597 g/mol. The first-order chi connectivity index (χ1) is 19.2. The van der Waals surface area contributed by atoms with Crippen molar-refractivity contribution in [3.8, 4) is 0 Å². The van der Waals surface area contributed by atoms with Crippen LogP contribution in [0.5, 0.6) is 0 Å². The first kappa shape index (κ1) is 32.2. The summed E-state index contributed by atoms with van der Waals surface area (Å²) in [5, 5.41) is 3.54. The van der Waals surface area contributed by atoms with Crippen LogP contribution in [0.3, 0.4) is 0 Å². The Bertz CT molecular complexity index is 1420. The van der Waals surface area contributed by atoms with Crippen LogP contribution in [0, 0.1) is 6.92 Å². The molecule has 41 heavy (non-hydrogen) atoms. The largest absolute Gasteiger partial charge is 0.350 e. The standard InChI is InChI=1S/C32H40ClN3O4S/c1-24-17-19-27(20-18-24)36(41(5,39)40)21-11-16-30(37)35(23-26-14-9-10-15-28(26)33)29(31(38)34-32(2,3)4)22-25-12-7-6-8-13-25/h6-10,12-15,17-20,29H,11,16,21-23H2,1-5H3,(H,34,38)/t29-/m1/s1. The van der Waals surface area contributed by atoms with Gasteiger partial charge >= 0.3 is 0 Å². The number of nitrogens with one attached hydrogen (secondary N) is 1. The second-order valence-corrected chi connectivity index (χ2v) is 13.6. The Balaban J connectivity index is 1.91. The highest BCUT2D eigenvalue weighted by molar-refractivity contribution is 7.92. The predicted molar refractivity (Wildman–Crippen MR) is 166 cm³/mol. The molecular formula is C32H40ClN3O4S. The summed E-state index contributed by atoms with van der Waals surface area (Å²) in [5.41, 5.74) is 2.70. The number of hydrogen-bond acceptors (Lipinski definition) is 4. The molecule has 0 aliphatic carbocycles. The zero-order valence-electron chi connectivity index (χ0n) is 24.4. The fraction of sp³-hybridized carbons (Fsp3) is 0.375. The minimum absolute atomic E-state index is 0.0520. The highest BCUT2D eigenvalue weighted by atomic mass is 35.5. The lowest BCUT2D eigenvalue weighted by Gasteiger charge is -2.34. The molecule has 3 aromatic carbocycles. The maximum absolute atomic E-state index is 13.9. The summed E-state index contributed by atoms with van der Waals surface area (Å²) in [5.74, 6) is -0.522. The van der Waals surface area contributed by atoms with Crippen LogP contribution in [0.4, 0.5) is 5.69 Å². The van der Waals surface area contributed by atoms with E-state index in [9.17, 15) is 18.0 Å². The Labute approximate surface area is 249 Å². The van der Waals surface area contributed by atoms with E-state index < -0.39 is 21.6 Å². The average molecular weight is 598 g/mol. The van der Waals surface area contributed by atoms with Crippen molar-refractivity contribution < 1.29 is 18.0 Å². The third-order valence-corrected chi connectivity index (χ3v) is 8.10. The third kappa shape index (κ3) is 9.90. The van der Waals surface area contributed by atoms with Crippen LogP contribution in [-0.4, -0.2) is 49.5 Å². The number of benzene rings is 3. The maximum Gasteiger partial charge on any atom is 0.243 e. The second-order valence-electron chi connectivity index (χ2n) is 11.3. The van der Waals surface area contributed by atoms with Crippen molar-refractivity contribution in [3.63, 3.8) is 0 Å². The van der Waals surface area contributed by atoms with Crippen LogP contribution < -0.4 is 9.62 Å². The van der Waals surface area contributed by atoms with Crippen molar-refractivity contribution in [2.24, 2.45) is 0 Å². The minimum atomic E-state index is -3.57. The Morgan fingerprint density at radius 2 is 1.54 bits per heavy atom. The summed E-state index contributed by atoms with van der Waals surface area (Å²) in [6, 6.07) is 23.2. The number of hydrogen-bond donors (Lipinski definition) is 1. The SMILES string of the molecule is Cc1ccc(N(CCCC(=O)N(Cc2ccccc2Cl)[C@H](Cc2ccccc2)C(=O)NC(C)(C)C)S(C)(=O)=O)cc1. The number of carbonyl (C=O) groups is 2. The van der Waals surface area contributed by atoms with Gasteiger partial charge in [-0.3, -0.25) is 13.9 Å². The molecule has 3 aromatic rings. The summed E-state index contributed by atoms with van der Waals surface area (Å²) in [7, 11) is -3.57. The highest BCUT2D eigenvalue weighted by Gasteiger charge is 2.32. The predicted octanol–water partition coefficient (Wildman–Crippen LogP) is 5.75. The summed E-state index contributed by atoms with van der Waals surface area (Å²) in [4.78, 5) is 29.2. The zero-order chi connectivity index (χ0) is 30.2. The van der Waals surface area contributed by atoms with E-state index in [1.165, 1.54) is 4.31 Å². The molecule has 0 aliphatic rings. The molecule has 0 spiro atoms. The van der Waals surface area contributed by atoms with Crippen molar-refractivity contribution in [1.29, 1.82) is 0 Å². The Kier molecular flexibility index (Phi) is 11.0. The average Bonchev–Trinajstić information content (AvgIpc) is 2.89. The summed E-state index contributed by atoms with van der Waals surface area (Å²) in [6.45, 7) is 7.90. The van der Waals surface area contributed by atoms with Crippen LogP contribution in [-0.2, 0) is 32.6 Å². The quantitative estimate of drug-likeness (QED) is 0.288. The number of halogens is 1. The molecule has 0 fully saturated rings. The number of carbonyl (C=O) groups excluding carboxylic acids is 2. The van der Waals surface area contributed by atoms with E-state index >= 15 is 0 Å². The van der Waals surface area contributed by atoms with Gasteiger partial charge in [0.25, 0.3) is 0 Å². The Hall–Kier alpha value is -3.36. The van der Waals surface area contributed by atoms with E-state index in [0.29, 0.717) is 17.1 Å². The number of rotatable bonds is 12. The molecular weight excluding hydrogens is 558 g/mol. The molecule has 3 rings (SSSR count). The van der Waals surface area contributed by atoms with Crippen molar-refractivity contribution in [2.45, 2.75) is 65.1 Å². The van der Waals surface area contributed by atoms with Gasteiger partial charge in [-0.1, -0.05) is 77.8 Å². The first-order valence-corrected chi connectivity index (χ1v) is 15.9. The van der Waals surface area contributed by atoms with Gasteiger partial charge in [0.2, 0.25) is 21.8 Å². The van der Waals surface area contributed by atoms with Crippen LogP contribution >= 0.6 is 11.6 Å². The lowest BCUT2D eigenvalue weighted by Crippen LogP contribution is -2.54. The Morgan fingerprint density at radius 1 is 0.927 bits per heavy atom. The van der Waals surface area contributed by atoms with Crippen molar-refractivity contribution in [2.75, 3.05) is 17.1 Å². The fourth-order valence-electron chi connectivity index (χ4n) is 4.53. The van der Waals surface area contributed by atoms with Gasteiger partial charge in [-0.2, -0.15) is 0 Å². The van der Waals surface area contributed by atoms with Gasteiger partial charge in [-0.05, 0) is 63.4 Å². The summed E-state index contributed by atoms with van der Waals surface area (Å²) in [6.07, 6.45) is 1.80. The number of sulfonamides is 1. The molecule has 0 saturated heterocycles. The molecule has 0 radical (unpaired) electrons. The van der Waals surface area contributed by atoms with Gasteiger partial charge in [0, 0.05) is 36.5 Å². The van der Waals surface area contributed by atoms with E-state index in [2.05, 4.69) is 5.32 Å². The lowest BCUT2D eigenvalue weighted by molar-refractivity contribution is -0.142. The molecule has 0 heterocycles. The van der Waals surface area contributed by atoms with Crippen molar-refractivity contribution >= 4 is 39.1 Å². The second kappa shape index (κ2) is 14.0. The normalized spacial score (nSPS) is 12.4. The van der Waals surface area contributed by atoms with Crippen LogP contribution in [0.15, 0.2) is 78.9 Å². The molecule has 0 bridgehead atoms. The number of amides is 2. The zero-order valence-corrected chi connectivity index (χ0v) is 26.0. The molecule has 7 nitrogen and oxygen atoms in total. The highest BCUT2D eigenvalue weighted by Crippen LogP contribution is 2.23. The number of aryl methyl sites for hydroxylation is 1. The molecule has 1 N–H and O–H groups in total. The third-order valence-electron chi connectivity index (χ3n) is 6.54. The van der Waals surface area contributed by atoms with Gasteiger partial charge < -0.3 is 10.2 Å². The van der Waals surface area contributed by atoms with E-state index in [1.54, 1.807) is 23.1 Å². The fourth-order valence-corrected chi connectivity index (χ4v) is 5.69. The molecule has 220 valence electrons. The summed E-state index contributed by atoms with van der Waals surface area (Å²) >= 11 is 6.49.